The van der Waals surface area contributed by atoms with Crippen molar-refractivity contribution < 1.29 is 23.5 Å². The quantitative estimate of drug-likeness (QED) is 0.646. The van der Waals surface area contributed by atoms with E-state index < -0.39 is 5.41 Å². The summed E-state index contributed by atoms with van der Waals surface area (Å²) >= 11 is 0. The number of piperidine rings is 1. The van der Waals surface area contributed by atoms with Crippen LogP contribution in [0, 0.1) is 11.2 Å². The molecule has 7 nitrogen and oxygen atoms in total. The van der Waals surface area contributed by atoms with Gasteiger partial charge in [-0.25, -0.2) is 9.18 Å². The summed E-state index contributed by atoms with van der Waals surface area (Å²) in [4.78, 5) is 31.1. The van der Waals surface area contributed by atoms with Crippen LogP contribution in [0.15, 0.2) is 24.3 Å². The van der Waals surface area contributed by atoms with E-state index >= 15 is 0 Å². The van der Waals surface area contributed by atoms with Gasteiger partial charge in [0.15, 0.2) is 0 Å². The van der Waals surface area contributed by atoms with Gasteiger partial charge in [-0.05, 0) is 57.4 Å². The number of nitrogens with zero attached hydrogens (tertiary/aromatic N) is 3. The topological polar surface area (TPSA) is 62.3 Å². The molecule has 1 aromatic rings. The Labute approximate surface area is 189 Å². The van der Waals surface area contributed by atoms with Gasteiger partial charge in [0, 0.05) is 57.4 Å². The highest BCUT2D eigenvalue weighted by molar-refractivity contribution is 5.79. The third-order valence-electron chi connectivity index (χ3n) is 7.27. The highest BCUT2D eigenvalue weighted by atomic mass is 19.1. The molecule has 0 bridgehead atoms. The van der Waals surface area contributed by atoms with Crippen LogP contribution in [0.25, 0.3) is 0 Å². The number of amides is 1. The van der Waals surface area contributed by atoms with Crippen molar-refractivity contribution in [2.24, 2.45) is 5.41 Å². The normalized spacial score (nSPS) is 25.8. The first kappa shape index (κ1) is 22.8. The van der Waals surface area contributed by atoms with E-state index in [4.69, 9.17) is 9.47 Å². The van der Waals surface area contributed by atoms with Gasteiger partial charge in [-0.2, -0.15) is 0 Å². The van der Waals surface area contributed by atoms with Gasteiger partial charge in [0.2, 0.25) is 0 Å². The van der Waals surface area contributed by atoms with Crippen LogP contribution in [0.3, 0.4) is 0 Å². The molecule has 4 rings (SSSR count). The molecule has 176 valence electrons. The minimum atomic E-state index is -0.444. The average Bonchev–Trinajstić information content (AvgIpc) is 3.08. The molecule has 1 amide bonds. The fourth-order valence-electron chi connectivity index (χ4n) is 5.26. The van der Waals surface area contributed by atoms with Crippen molar-refractivity contribution in [1.29, 1.82) is 0 Å². The lowest BCUT2D eigenvalue weighted by Gasteiger charge is -2.41. The van der Waals surface area contributed by atoms with Gasteiger partial charge in [-0.3, -0.25) is 9.69 Å². The number of halogens is 1. The van der Waals surface area contributed by atoms with Crippen LogP contribution in [0.2, 0.25) is 0 Å². The second-order valence-electron chi connectivity index (χ2n) is 9.29. The molecule has 3 fully saturated rings. The number of anilines is 1. The lowest BCUT2D eigenvalue weighted by Crippen LogP contribution is -2.52. The van der Waals surface area contributed by atoms with Crippen molar-refractivity contribution in [3.63, 3.8) is 0 Å². The number of ether oxygens (including phenoxy) is 2. The third-order valence-corrected chi connectivity index (χ3v) is 7.27. The first-order chi connectivity index (χ1) is 15.4. The highest BCUT2D eigenvalue weighted by Crippen LogP contribution is 2.44. The van der Waals surface area contributed by atoms with Gasteiger partial charge in [0.05, 0.1) is 12.0 Å². The van der Waals surface area contributed by atoms with Gasteiger partial charge in [-0.1, -0.05) is 0 Å². The molecule has 3 aliphatic rings. The van der Waals surface area contributed by atoms with Gasteiger partial charge >= 0.3 is 12.1 Å². The number of hydrogen-bond acceptors (Lipinski definition) is 6. The Morgan fingerprint density at radius 1 is 1.19 bits per heavy atom. The van der Waals surface area contributed by atoms with Crippen molar-refractivity contribution in [3.05, 3.63) is 30.1 Å². The molecule has 0 aliphatic carbocycles. The predicted molar refractivity (Wildman–Crippen MR) is 119 cm³/mol. The fraction of sp³-hybridized carbons (Fsp3) is 0.667. The Kier molecular flexibility index (Phi) is 6.88. The van der Waals surface area contributed by atoms with Crippen molar-refractivity contribution in [3.8, 4) is 0 Å². The van der Waals surface area contributed by atoms with E-state index in [9.17, 15) is 14.0 Å². The second-order valence-corrected chi connectivity index (χ2v) is 9.29. The Morgan fingerprint density at radius 3 is 2.56 bits per heavy atom. The van der Waals surface area contributed by atoms with Crippen LogP contribution in [0.1, 0.15) is 39.5 Å². The average molecular weight is 448 g/mol. The maximum atomic E-state index is 13.2. The lowest BCUT2D eigenvalue weighted by molar-refractivity contribution is -0.150. The first-order valence-electron chi connectivity index (χ1n) is 11.8. The number of esters is 1. The molecule has 0 aromatic heterocycles. The Balaban J connectivity index is 1.24. The smallest absolute Gasteiger partial charge is 0.409 e. The van der Waals surface area contributed by atoms with Crippen molar-refractivity contribution in [2.75, 3.05) is 50.8 Å². The lowest BCUT2D eigenvalue weighted by atomic mass is 9.76. The number of likely N-dealkylation sites (tertiary alicyclic amines) is 1. The predicted octanol–water partition coefficient (Wildman–Crippen LogP) is 3.28. The molecule has 3 heterocycles. The van der Waals surface area contributed by atoms with Crippen LogP contribution in [0.4, 0.5) is 14.9 Å². The van der Waals surface area contributed by atoms with Crippen molar-refractivity contribution in [2.45, 2.75) is 51.7 Å². The summed E-state index contributed by atoms with van der Waals surface area (Å²) in [6.07, 6.45) is 2.52. The minimum Gasteiger partial charge on any atom is -0.462 e. The minimum absolute atomic E-state index is 0.0565. The Morgan fingerprint density at radius 2 is 1.91 bits per heavy atom. The molecular formula is C24H34FN3O4. The molecule has 0 saturated carbocycles. The van der Waals surface area contributed by atoms with E-state index in [0.717, 1.165) is 44.7 Å². The molecule has 3 aliphatic heterocycles. The molecule has 0 unspecified atom stereocenters. The number of benzene rings is 1. The number of piperazine rings is 1. The Hall–Kier alpha value is -2.35. The number of cyclic esters (lactones) is 1. The summed E-state index contributed by atoms with van der Waals surface area (Å²) in [5.74, 6) is -0.309. The fourth-order valence-corrected chi connectivity index (χ4v) is 5.26. The van der Waals surface area contributed by atoms with Gasteiger partial charge < -0.3 is 19.3 Å². The van der Waals surface area contributed by atoms with E-state index in [-0.39, 0.29) is 24.0 Å². The standard InChI is InChI=1S/C24H34FN3O4/c1-3-31-23(30)27-12-9-24(10-13-27)16-21(32-22(24)29)8-11-26-14-15-28(17-18(26)2)20-6-4-19(25)5-7-20/h4-7,18,21H,3,8-17H2,1-2H3/t18-,21+/m1/s1. The summed E-state index contributed by atoms with van der Waals surface area (Å²) in [6, 6.07) is 7.06. The molecule has 1 aromatic carbocycles. The van der Waals surface area contributed by atoms with Crippen molar-refractivity contribution >= 4 is 17.7 Å². The molecule has 2 atom stereocenters. The van der Waals surface area contributed by atoms with E-state index in [1.165, 1.54) is 12.1 Å². The summed E-state index contributed by atoms with van der Waals surface area (Å²) in [6.45, 7) is 9.07. The maximum Gasteiger partial charge on any atom is 0.409 e. The van der Waals surface area contributed by atoms with Gasteiger partial charge in [-0.15, -0.1) is 0 Å². The van der Waals surface area contributed by atoms with E-state index in [1.807, 2.05) is 12.1 Å². The SMILES string of the molecule is CCOC(=O)N1CCC2(CC1)C[C@H](CCN1CCN(c3ccc(F)cc3)C[C@H]1C)OC2=O. The van der Waals surface area contributed by atoms with Gasteiger partial charge in [0.25, 0.3) is 0 Å². The third kappa shape index (κ3) is 4.85. The molecule has 0 N–H and O–H groups in total. The van der Waals surface area contributed by atoms with Crippen LogP contribution in [0.5, 0.6) is 0 Å². The van der Waals surface area contributed by atoms with Crippen LogP contribution in [-0.4, -0.2) is 79.9 Å². The number of hydrogen-bond donors (Lipinski definition) is 0. The maximum absolute atomic E-state index is 13.2. The van der Waals surface area contributed by atoms with Crippen molar-refractivity contribution in [1.82, 2.24) is 9.80 Å². The zero-order chi connectivity index (χ0) is 22.7. The molecule has 8 heteroatoms. The highest BCUT2D eigenvalue weighted by Gasteiger charge is 2.50. The first-order valence-corrected chi connectivity index (χ1v) is 11.8. The van der Waals surface area contributed by atoms with E-state index in [1.54, 1.807) is 11.8 Å². The molecular weight excluding hydrogens is 413 g/mol. The largest absolute Gasteiger partial charge is 0.462 e. The molecule has 32 heavy (non-hydrogen) atoms. The number of rotatable bonds is 5. The van der Waals surface area contributed by atoms with Crippen LogP contribution >= 0.6 is 0 Å². The molecule has 3 saturated heterocycles. The van der Waals surface area contributed by atoms with Crippen LogP contribution < -0.4 is 4.90 Å². The molecule has 1 spiro atoms. The van der Waals surface area contributed by atoms with Gasteiger partial charge in [0.1, 0.15) is 11.9 Å². The second kappa shape index (κ2) is 9.65. The zero-order valence-electron chi connectivity index (χ0n) is 19.1. The summed E-state index contributed by atoms with van der Waals surface area (Å²) in [7, 11) is 0. The van der Waals surface area contributed by atoms with Crippen LogP contribution in [-0.2, 0) is 14.3 Å². The monoisotopic (exact) mass is 447 g/mol. The number of carbonyl (C=O) groups is 2. The molecule has 0 radical (unpaired) electrons. The van der Waals surface area contributed by atoms with E-state index in [2.05, 4.69) is 16.7 Å². The number of carbonyl (C=O) groups excluding carboxylic acids is 2. The summed E-state index contributed by atoms with van der Waals surface area (Å²) < 4.78 is 24.1. The summed E-state index contributed by atoms with van der Waals surface area (Å²) in [5.41, 5.74) is 0.610. The van der Waals surface area contributed by atoms with E-state index in [0.29, 0.717) is 38.6 Å². The summed E-state index contributed by atoms with van der Waals surface area (Å²) in [5, 5.41) is 0. The zero-order valence-corrected chi connectivity index (χ0v) is 19.1. The Bertz CT molecular complexity index is 810.